The lowest BCUT2D eigenvalue weighted by atomic mass is 10.2. The van der Waals surface area contributed by atoms with Gasteiger partial charge in [0, 0.05) is 19.4 Å². The van der Waals surface area contributed by atoms with Gasteiger partial charge in [0.25, 0.3) is 5.91 Å². The van der Waals surface area contributed by atoms with Crippen molar-refractivity contribution in [2.75, 3.05) is 5.32 Å². The fourth-order valence-corrected chi connectivity index (χ4v) is 2.11. The number of carbonyl (C=O) groups is 1. The van der Waals surface area contributed by atoms with Gasteiger partial charge in [-0.05, 0) is 63.6 Å². The minimum Gasteiger partial charge on any atom is -0.322 e. The van der Waals surface area contributed by atoms with Crippen LogP contribution in [0.2, 0.25) is 0 Å². The maximum Gasteiger partial charge on any atom is 0.259 e. The third-order valence-corrected chi connectivity index (χ3v) is 4.58. The summed E-state index contributed by atoms with van der Waals surface area (Å²) in [4.78, 5) is 11.9. The van der Waals surface area contributed by atoms with Crippen LogP contribution in [0.4, 0.5) is 5.69 Å². The summed E-state index contributed by atoms with van der Waals surface area (Å²) < 4.78 is 2.06. The Morgan fingerprint density at radius 1 is 1.53 bits per heavy atom. The Morgan fingerprint density at radius 3 is 2.88 bits per heavy atom. The average molecular weight is 406 g/mol. The number of rotatable bonds is 2. The normalized spacial score (nSPS) is 10.3. The van der Waals surface area contributed by atoms with Gasteiger partial charge in [-0.25, -0.2) is 0 Å². The van der Waals surface area contributed by atoms with Gasteiger partial charge in [0.2, 0.25) is 0 Å². The van der Waals surface area contributed by atoms with E-state index in [2.05, 4.69) is 54.0 Å². The zero-order chi connectivity index (χ0) is 12.4. The van der Waals surface area contributed by atoms with Gasteiger partial charge in [-0.3, -0.25) is 9.89 Å². The van der Waals surface area contributed by atoms with Crippen molar-refractivity contribution in [3.05, 3.63) is 43.7 Å². The number of aromatic nitrogens is 2. The molecule has 2 rings (SSSR count). The van der Waals surface area contributed by atoms with Crippen LogP contribution in [-0.2, 0) is 0 Å². The molecule has 0 aliphatic rings. The summed E-state index contributed by atoms with van der Waals surface area (Å²) in [6.07, 6.45) is 1.52. The van der Waals surface area contributed by atoms with Crippen molar-refractivity contribution in [3.8, 4) is 0 Å². The highest BCUT2D eigenvalue weighted by Crippen LogP contribution is 2.23. The number of nitrogens with one attached hydrogen (secondary N) is 2. The van der Waals surface area contributed by atoms with E-state index < -0.39 is 0 Å². The number of amides is 1. The summed E-state index contributed by atoms with van der Waals surface area (Å²) in [7, 11) is 0. The molecular formula is C11H9BrIN3O. The quantitative estimate of drug-likeness (QED) is 0.753. The largest absolute Gasteiger partial charge is 0.322 e. The Hall–Kier alpha value is -0.890. The van der Waals surface area contributed by atoms with E-state index in [9.17, 15) is 4.79 Å². The molecule has 0 spiro atoms. The molecule has 2 N–H and O–H groups in total. The molecule has 17 heavy (non-hydrogen) atoms. The molecule has 0 bridgehead atoms. The molecule has 6 heteroatoms. The van der Waals surface area contributed by atoms with Crippen molar-refractivity contribution in [2.45, 2.75) is 6.92 Å². The second kappa shape index (κ2) is 5.18. The molecular weight excluding hydrogens is 397 g/mol. The molecule has 2 aromatic rings. The van der Waals surface area contributed by atoms with Crippen LogP contribution in [-0.4, -0.2) is 16.1 Å². The van der Waals surface area contributed by atoms with Crippen molar-refractivity contribution in [1.29, 1.82) is 0 Å². The highest BCUT2D eigenvalue weighted by Gasteiger charge is 2.11. The van der Waals surface area contributed by atoms with Crippen molar-refractivity contribution in [2.24, 2.45) is 0 Å². The minimum absolute atomic E-state index is 0.158. The molecule has 1 heterocycles. The number of aromatic amines is 1. The van der Waals surface area contributed by atoms with E-state index in [1.54, 1.807) is 0 Å². The number of hydrogen-bond donors (Lipinski definition) is 2. The van der Waals surface area contributed by atoms with E-state index >= 15 is 0 Å². The molecule has 0 fully saturated rings. The summed E-state index contributed by atoms with van der Waals surface area (Å²) >= 11 is 5.61. The van der Waals surface area contributed by atoms with E-state index in [-0.39, 0.29) is 5.91 Å². The van der Waals surface area contributed by atoms with Gasteiger partial charge in [0.05, 0.1) is 11.8 Å². The lowest BCUT2D eigenvalue weighted by Crippen LogP contribution is -2.12. The molecule has 4 nitrogen and oxygen atoms in total. The number of H-pyrrole nitrogens is 1. The van der Waals surface area contributed by atoms with Crippen molar-refractivity contribution < 1.29 is 4.79 Å². The Kier molecular flexibility index (Phi) is 3.82. The summed E-state index contributed by atoms with van der Waals surface area (Å²) in [6, 6.07) is 5.65. The first kappa shape index (κ1) is 12.6. The maximum absolute atomic E-state index is 11.9. The summed E-state index contributed by atoms with van der Waals surface area (Å²) in [6.45, 7) is 1.81. The second-order valence-electron chi connectivity index (χ2n) is 3.49. The van der Waals surface area contributed by atoms with E-state index in [1.807, 2.05) is 25.1 Å². The third-order valence-electron chi connectivity index (χ3n) is 2.25. The lowest BCUT2D eigenvalue weighted by molar-refractivity contribution is 0.102. The van der Waals surface area contributed by atoms with Gasteiger partial charge < -0.3 is 5.32 Å². The van der Waals surface area contributed by atoms with Gasteiger partial charge in [0.15, 0.2) is 0 Å². The fraction of sp³-hybridized carbons (Fsp3) is 0.0909. The molecule has 1 amide bonds. The fourth-order valence-electron chi connectivity index (χ4n) is 1.35. The average Bonchev–Trinajstić information content (AvgIpc) is 2.70. The van der Waals surface area contributed by atoms with Gasteiger partial charge in [-0.2, -0.15) is 5.10 Å². The van der Waals surface area contributed by atoms with Crippen LogP contribution in [0, 0.1) is 10.5 Å². The van der Waals surface area contributed by atoms with E-state index in [4.69, 9.17) is 0 Å². The molecule has 0 aliphatic carbocycles. The zero-order valence-corrected chi connectivity index (χ0v) is 12.7. The van der Waals surface area contributed by atoms with Crippen LogP contribution in [0.3, 0.4) is 0 Å². The standard InChI is InChI=1S/C11H9BrIN3O/c1-6-8(5-14-16-6)11(17)15-7-2-3-9(12)10(13)4-7/h2-5H,1H3,(H,14,16)(H,15,17). The number of carbonyl (C=O) groups excluding carboxylic acids is 1. The van der Waals surface area contributed by atoms with Gasteiger partial charge in [-0.15, -0.1) is 0 Å². The predicted octanol–water partition coefficient (Wildman–Crippen LogP) is 3.34. The number of nitrogens with zero attached hydrogens (tertiary/aromatic N) is 1. The Bertz CT molecular complexity index is 568. The highest BCUT2D eigenvalue weighted by molar-refractivity contribution is 14.1. The van der Waals surface area contributed by atoms with Crippen LogP contribution in [0.5, 0.6) is 0 Å². The molecule has 1 aromatic heterocycles. The topological polar surface area (TPSA) is 57.8 Å². The first-order chi connectivity index (χ1) is 8.08. The van der Waals surface area contributed by atoms with Crippen molar-refractivity contribution in [3.63, 3.8) is 0 Å². The minimum atomic E-state index is -0.158. The Morgan fingerprint density at radius 2 is 2.29 bits per heavy atom. The van der Waals surface area contributed by atoms with Crippen LogP contribution >= 0.6 is 38.5 Å². The lowest BCUT2D eigenvalue weighted by Gasteiger charge is -2.05. The molecule has 0 saturated heterocycles. The summed E-state index contributed by atoms with van der Waals surface area (Å²) in [5.74, 6) is -0.158. The SMILES string of the molecule is Cc1[nH]ncc1C(=O)Nc1ccc(Br)c(I)c1. The summed E-state index contributed by atoms with van der Waals surface area (Å²) in [5.41, 5.74) is 2.08. The van der Waals surface area contributed by atoms with Crippen molar-refractivity contribution in [1.82, 2.24) is 10.2 Å². The van der Waals surface area contributed by atoms with Crippen LogP contribution in [0.15, 0.2) is 28.9 Å². The molecule has 0 radical (unpaired) electrons. The molecule has 88 valence electrons. The molecule has 0 atom stereocenters. The molecule has 0 saturated carbocycles. The zero-order valence-electron chi connectivity index (χ0n) is 8.92. The Balaban J connectivity index is 2.19. The first-order valence-electron chi connectivity index (χ1n) is 4.84. The number of halogens is 2. The smallest absolute Gasteiger partial charge is 0.259 e. The predicted molar refractivity (Wildman–Crippen MR) is 78.1 cm³/mol. The number of anilines is 1. The van der Waals surface area contributed by atoms with E-state index in [0.717, 1.165) is 19.4 Å². The summed E-state index contributed by atoms with van der Waals surface area (Å²) in [5, 5.41) is 9.39. The number of aryl methyl sites for hydroxylation is 1. The van der Waals surface area contributed by atoms with E-state index in [0.29, 0.717) is 5.56 Å². The number of benzene rings is 1. The third kappa shape index (κ3) is 2.86. The van der Waals surface area contributed by atoms with Crippen LogP contribution in [0.1, 0.15) is 16.1 Å². The Labute approximate surface area is 120 Å². The van der Waals surface area contributed by atoms with Gasteiger partial charge in [-0.1, -0.05) is 0 Å². The second-order valence-corrected chi connectivity index (χ2v) is 5.51. The highest BCUT2D eigenvalue weighted by atomic mass is 127. The van der Waals surface area contributed by atoms with E-state index in [1.165, 1.54) is 6.20 Å². The maximum atomic E-state index is 11.9. The van der Waals surface area contributed by atoms with Gasteiger partial charge in [0.1, 0.15) is 0 Å². The molecule has 0 unspecified atom stereocenters. The van der Waals surface area contributed by atoms with Crippen molar-refractivity contribution >= 4 is 50.1 Å². The molecule has 0 aliphatic heterocycles. The molecule has 1 aromatic carbocycles. The van der Waals surface area contributed by atoms with Gasteiger partial charge >= 0.3 is 0 Å². The number of hydrogen-bond acceptors (Lipinski definition) is 2. The first-order valence-corrected chi connectivity index (χ1v) is 6.71. The monoisotopic (exact) mass is 405 g/mol. The van der Waals surface area contributed by atoms with Crippen LogP contribution in [0.25, 0.3) is 0 Å². The van der Waals surface area contributed by atoms with Crippen LogP contribution < -0.4 is 5.32 Å².